The summed E-state index contributed by atoms with van der Waals surface area (Å²) in [5.74, 6) is 0.175. The number of carbonyl (C=O) groups excluding carboxylic acids is 1. The van der Waals surface area contributed by atoms with Gasteiger partial charge in [-0.25, -0.2) is 4.98 Å². The predicted molar refractivity (Wildman–Crippen MR) is 59.1 cm³/mol. The molecule has 2 aromatic heterocycles. The van der Waals surface area contributed by atoms with Gasteiger partial charge < -0.3 is 4.90 Å². The monoisotopic (exact) mass is 229 g/mol. The molecule has 17 heavy (non-hydrogen) atoms. The Hall–Kier alpha value is -2.24. The molecule has 3 heterocycles. The second-order valence-electron chi connectivity index (χ2n) is 3.92. The van der Waals surface area contributed by atoms with Gasteiger partial charge >= 0.3 is 0 Å². The summed E-state index contributed by atoms with van der Waals surface area (Å²) in [6, 6.07) is 3.89. The smallest absolute Gasteiger partial charge is 0.291 e. The van der Waals surface area contributed by atoms with Gasteiger partial charge in [0.1, 0.15) is 6.33 Å². The number of nitrogens with one attached hydrogen (secondary N) is 1. The zero-order chi connectivity index (χ0) is 11.7. The summed E-state index contributed by atoms with van der Waals surface area (Å²) < 4.78 is 0. The van der Waals surface area contributed by atoms with Gasteiger partial charge in [-0.2, -0.15) is 5.10 Å². The Bertz CT molecular complexity index is 537. The predicted octanol–water partition coefficient (Wildman–Crippen LogP) is 0.398. The summed E-state index contributed by atoms with van der Waals surface area (Å²) in [5.41, 5.74) is 2.18. The fourth-order valence-electron chi connectivity index (χ4n) is 2.00. The molecule has 0 atom stereocenters. The standard InChI is InChI=1S/C11H11N5O/c17-11(10-13-7-14-15-10)16-5-3-9-8(6-16)2-1-4-12-9/h1-2,4,7H,3,5-6H2,(H,13,14,15). The normalized spacial score (nSPS) is 14.5. The average Bonchev–Trinajstić information content (AvgIpc) is 2.91. The molecule has 0 spiro atoms. The van der Waals surface area contributed by atoms with Crippen LogP contribution >= 0.6 is 0 Å². The molecule has 1 amide bonds. The molecule has 0 saturated heterocycles. The summed E-state index contributed by atoms with van der Waals surface area (Å²) in [5, 5.41) is 6.28. The number of hydrogen-bond acceptors (Lipinski definition) is 4. The second kappa shape index (κ2) is 3.97. The molecule has 3 rings (SSSR count). The molecule has 86 valence electrons. The summed E-state index contributed by atoms with van der Waals surface area (Å²) in [4.78, 5) is 22.0. The van der Waals surface area contributed by atoms with E-state index < -0.39 is 0 Å². The maximum absolute atomic E-state index is 12.0. The zero-order valence-corrected chi connectivity index (χ0v) is 9.13. The zero-order valence-electron chi connectivity index (χ0n) is 9.13. The van der Waals surface area contributed by atoms with Gasteiger partial charge in [-0.05, 0) is 11.6 Å². The average molecular weight is 229 g/mol. The lowest BCUT2D eigenvalue weighted by Crippen LogP contribution is -2.36. The molecule has 1 aliphatic heterocycles. The van der Waals surface area contributed by atoms with E-state index in [0.29, 0.717) is 13.1 Å². The van der Waals surface area contributed by atoms with Crippen molar-refractivity contribution in [2.75, 3.05) is 6.54 Å². The molecular weight excluding hydrogens is 218 g/mol. The van der Waals surface area contributed by atoms with Crippen LogP contribution in [0, 0.1) is 0 Å². The minimum Gasteiger partial charge on any atom is -0.331 e. The van der Waals surface area contributed by atoms with Gasteiger partial charge in [0.2, 0.25) is 5.82 Å². The first-order valence-corrected chi connectivity index (χ1v) is 5.42. The third kappa shape index (κ3) is 1.77. The molecule has 0 saturated carbocycles. The van der Waals surface area contributed by atoms with E-state index in [0.717, 1.165) is 17.7 Å². The van der Waals surface area contributed by atoms with Crippen molar-refractivity contribution in [3.8, 4) is 0 Å². The minimum absolute atomic E-state index is 0.114. The Labute approximate surface area is 97.7 Å². The molecule has 0 aromatic carbocycles. The summed E-state index contributed by atoms with van der Waals surface area (Å²) in [6.45, 7) is 1.26. The Balaban J connectivity index is 1.83. The Morgan fingerprint density at radius 2 is 2.35 bits per heavy atom. The van der Waals surface area contributed by atoms with Crippen molar-refractivity contribution < 1.29 is 4.79 Å². The van der Waals surface area contributed by atoms with Gasteiger partial charge in [0, 0.05) is 31.4 Å². The van der Waals surface area contributed by atoms with Crippen LogP contribution in [0.3, 0.4) is 0 Å². The number of aromatic amines is 1. The van der Waals surface area contributed by atoms with E-state index in [1.54, 1.807) is 11.1 Å². The van der Waals surface area contributed by atoms with Crippen LogP contribution in [0.1, 0.15) is 21.9 Å². The van der Waals surface area contributed by atoms with Gasteiger partial charge in [-0.1, -0.05) is 6.07 Å². The van der Waals surface area contributed by atoms with E-state index in [2.05, 4.69) is 20.2 Å². The van der Waals surface area contributed by atoms with Crippen LogP contribution in [0.5, 0.6) is 0 Å². The maximum atomic E-state index is 12.0. The fourth-order valence-corrected chi connectivity index (χ4v) is 2.00. The first kappa shape index (κ1) is 9.95. The number of hydrogen-bond donors (Lipinski definition) is 1. The first-order valence-electron chi connectivity index (χ1n) is 5.42. The molecule has 6 heteroatoms. The largest absolute Gasteiger partial charge is 0.331 e. The number of nitrogens with zero attached hydrogens (tertiary/aromatic N) is 4. The summed E-state index contributed by atoms with van der Waals surface area (Å²) in [6.07, 6.45) is 3.91. The molecular formula is C11H11N5O. The highest BCUT2D eigenvalue weighted by atomic mass is 16.2. The van der Waals surface area contributed by atoms with Crippen LogP contribution in [0.2, 0.25) is 0 Å². The topological polar surface area (TPSA) is 74.8 Å². The van der Waals surface area contributed by atoms with E-state index in [1.165, 1.54) is 6.33 Å². The Morgan fingerprint density at radius 1 is 1.41 bits per heavy atom. The van der Waals surface area contributed by atoms with E-state index >= 15 is 0 Å². The van der Waals surface area contributed by atoms with E-state index in [-0.39, 0.29) is 11.7 Å². The van der Waals surface area contributed by atoms with Crippen molar-refractivity contribution in [1.29, 1.82) is 0 Å². The van der Waals surface area contributed by atoms with Crippen molar-refractivity contribution in [3.05, 3.63) is 41.7 Å². The maximum Gasteiger partial charge on any atom is 0.291 e. The fraction of sp³-hybridized carbons (Fsp3) is 0.273. The van der Waals surface area contributed by atoms with Crippen LogP contribution in [0.15, 0.2) is 24.7 Å². The van der Waals surface area contributed by atoms with Gasteiger partial charge in [0.25, 0.3) is 5.91 Å². The van der Waals surface area contributed by atoms with Crippen molar-refractivity contribution in [2.45, 2.75) is 13.0 Å². The molecule has 0 bridgehead atoms. The first-order chi connectivity index (χ1) is 8.34. The number of fused-ring (bicyclic) bond motifs is 1. The highest BCUT2D eigenvalue weighted by Crippen LogP contribution is 2.17. The molecule has 1 N–H and O–H groups in total. The molecule has 2 aromatic rings. The number of H-pyrrole nitrogens is 1. The van der Waals surface area contributed by atoms with Gasteiger partial charge in [-0.15, -0.1) is 0 Å². The quantitative estimate of drug-likeness (QED) is 0.768. The Kier molecular flexibility index (Phi) is 2.32. The van der Waals surface area contributed by atoms with E-state index in [9.17, 15) is 4.79 Å². The molecule has 0 aliphatic carbocycles. The lowest BCUT2D eigenvalue weighted by molar-refractivity contribution is 0.0721. The number of rotatable bonds is 1. The number of carbonyl (C=O) groups is 1. The van der Waals surface area contributed by atoms with Gasteiger partial charge in [-0.3, -0.25) is 14.9 Å². The van der Waals surface area contributed by atoms with Crippen LogP contribution in [-0.2, 0) is 13.0 Å². The highest BCUT2D eigenvalue weighted by Gasteiger charge is 2.23. The number of amides is 1. The van der Waals surface area contributed by atoms with Crippen molar-refractivity contribution in [3.63, 3.8) is 0 Å². The van der Waals surface area contributed by atoms with Gasteiger partial charge in [0.05, 0.1) is 0 Å². The third-order valence-electron chi connectivity index (χ3n) is 2.87. The number of aromatic nitrogens is 4. The number of pyridine rings is 1. The van der Waals surface area contributed by atoms with Crippen molar-refractivity contribution >= 4 is 5.91 Å². The molecule has 0 unspecified atom stereocenters. The van der Waals surface area contributed by atoms with Crippen LogP contribution in [0.4, 0.5) is 0 Å². The van der Waals surface area contributed by atoms with Crippen LogP contribution in [0.25, 0.3) is 0 Å². The summed E-state index contributed by atoms with van der Waals surface area (Å²) in [7, 11) is 0. The SMILES string of the molecule is O=C(c1ncn[nH]1)N1CCc2ncccc2C1. The van der Waals surface area contributed by atoms with Crippen LogP contribution in [-0.4, -0.2) is 37.5 Å². The Morgan fingerprint density at radius 3 is 3.18 bits per heavy atom. The lowest BCUT2D eigenvalue weighted by Gasteiger charge is -2.27. The summed E-state index contributed by atoms with van der Waals surface area (Å²) >= 11 is 0. The lowest BCUT2D eigenvalue weighted by atomic mass is 10.1. The minimum atomic E-state index is -0.114. The second-order valence-corrected chi connectivity index (χ2v) is 3.92. The third-order valence-corrected chi connectivity index (χ3v) is 2.87. The van der Waals surface area contributed by atoms with Crippen molar-refractivity contribution in [1.82, 2.24) is 25.1 Å². The highest BCUT2D eigenvalue weighted by molar-refractivity contribution is 5.90. The van der Waals surface area contributed by atoms with Crippen molar-refractivity contribution in [2.24, 2.45) is 0 Å². The molecule has 1 aliphatic rings. The van der Waals surface area contributed by atoms with Gasteiger partial charge in [0.15, 0.2) is 0 Å². The molecule has 0 fully saturated rings. The molecule has 6 nitrogen and oxygen atoms in total. The van der Waals surface area contributed by atoms with Crippen LogP contribution < -0.4 is 0 Å². The van der Waals surface area contributed by atoms with E-state index in [4.69, 9.17) is 0 Å². The molecule has 0 radical (unpaired) electrons. The van der Waals surface area contributed by atoms with E-state index in [1.807, 2.05) is 12.1 Å².